The van der Waals surface area contributed by atoms with Crippen LogP contribution in [0.15, 0.2) is 119 Å². The van der Waals surface area contributed by atoms with Crippen LogP contribution in [0.4, 0.5) is 10.1 Å². The molecule has 0 aliphatic carbocycles. The summed E-state index contributed by atoms with van der Waals surface area (Å²) in [5.41, 5.74) is 4.49. The molecule has 1 heterocycles. The normalized spacial score (nSPS) is 14.4. The number of amides is 1. The Morgan fingerprint density at radius 1 is 0.933 bits per heavy atom. The molecule has 1 atom stereocenters. The van der Waals surface area contributed by atoms with E-state index in [1.807, 2.05) is 66.7 Å². The minimum atomic E-state index is -1.08. The summed E-state index contributed by atoms with van der Waals surface area (Å²) in [6.07, 6.45) is 2.03. The first-order valence-corrected chi connectivity index (χ1v) is 15.3. The molecule has 2 N–H and O–H groups in total. The summed E-state index contributed by atoms with van der Waals surface area (Å²) in [4.78, 5) is 28.9. The fourth-order valence-electron chi connectivity index (χ4n) is 5.20. The third kappa shape index (κ3) is 6.81. The van der Waals surface area contributed by atoms with Crippen molar-refractivity contribution in [1.82, 2.24) is 0 Å². The van der Waals surface area contributed by atoms with Crippen LogP contribution >= 0.6 is 11.8 Å². The van der Waals surface area contributed by atoms with Gasteiger partial charge < -0.3 is 15.2 Å². The lowest BCUT2D eigenvalue weighted by molar-refractivity contribution is -0.139. The average molecular weight is 617 g/mol. The van der Waals surface area contributed by atoms with Crippen LogP contribution < -0.4 is 10.1 Å². The van der Waals surface area contributed by atoms with E-state index in [-0.39, 0.29) is 12.0 Å². The van der Waals surface area contributed by atoms with Crippen molar-refractivity contribution in [3.8, 4) is 16.9 Å². The highest BCUT2D eigenvalue weighted by atomic mass is 32.2. The second kappa shape index (κ2) is 13.2. The van der Waals surface area contributed by atoms with Gasteiger partial charge in [0, 0.05) is 16.8 Å². The number of hydrogen-bond donors (Lipinski definition) is 2. The molecular formula is C37H29FN2O4S. The van der Waals surface area contributed by atoms with E-state index in [0.717, 1.165) is 44.8 Å². The van der Waals surface area contributed by atoms with Gasteiger partial charge in [0.25, 0.3) is 5.91 Å². The second-order valence-corrected chi connectivity index (χ2v) is 11.6. The Morgan fingerprint density at radius 3 is 2.31 bits per heavy atom. The molecule has 6 nitrogen and oxygen atoms in total. The predicted molar refractivity (Wildman–Crippen MR) is 179 cm³/mol. The van der Waals surface area contributed by atoms with Crippen LogP contribution in [0.2, 0.25) is 0 Å². The van der Waals surface area contributed by atoms with Crippen LogP contribution in [-0.4, -0.2) is 22.2 Å². The minimum Gasteiger partial charge on any atom is -0.488 e. The molecule has 0 saturated heterocycles. The molecule has 1 aliphatic heterocycles. The number of ether oxygens (including phenoxy) is 1. The number of nitrogens with zero attached hydrogens (tertiary/aromatic N) is 1. The number of halogens is 1. The maximum atomic E-state index is 14.8. The quantitative estimate of drug-likeness (QED) is 0.161. The third-order valence-corrected chi connectivity index (χ3v) is 8.47. The summed E-state index contributed by atoms with van der Waals surface area (Å²) >= 11 is 1.14. The zero-order valence-corrected chi connectivity index (χ0v) is 25.2. The number of carbonyl (C=O) groups is 2. The zero-order chi connectivity index (χ0) is 31.3. The summed E-state index contributed by atoms with van der Waals surface area (Å²) in [5.74, 6) is -2.43. The molecule has 0 radical (unpaired) electrons. The molecule has 0 spiro atoms. The van der Waals surface area contributed by atoms with E-state index in [1.54, 1.807) is 19.1 Å². The van der Waals surface area contributed by atoms with Crippen molar-refractivity contribution in [2.75, 3.05) is 5.32 Å². The molecule has 45 heavy (non-hydrogen) atoms. The van der Waals surface area contributed by atoms with Gasteiger partial charge in [0.1, 0.15) is 18.2 Å². The Kier molecular flexibility index (Phi) is 8.75. The lowest BCUT2D eigenvalue weighted by Gasteiger charge is -2.13. The Bertz CT molecular complexity index is 1960. The van der Waals surface area contributed by atoms with Gasteiger partial charge in [0.05, 0.1) is 10.8 Å². The molecule has 1 unspecified atom stereocenters. The van der Waals surface area contributed by atoms with E-state index in [0.29, 0.717) is 28.1 Å². The average Bonchev–Trinajstić information content (AvgIpc) is 3.39. The zero-order valence-electron chi connectivity index (χ0n) is 24.4. The number of aliphatic carboxylic acids is 1. The van der Waals surface area contributed by atoms with Crippen molar-refractivity contribution in [3.63, 3.8) is 0 Å². The first-order chi connectivity index (χ1) is 21.9. The molecule has 5 aromatic carbocycles. The van der Waals surface area contributed by atoms with E-state index in [9.17, 15) is 19.1 Å². The molecule has 224 valence electrons. The van der Waals surface area contributed by atoms with E-state index in [4.69, 9.17) is 4.74 Å². The van der Waals surface area contributed by atoms with Gasteiger partial charge >= 0.3 is 5.97 Å². The number of benzene rings is 5. The number of anilines is 1. The monoisotopic (exact) mass is 616 g/mol. The molecular weight excluding hydrogens is 587 g/mol. The molecule has 6 rings (SSSR count). The van der Waals surface area contributed by atoms with Crippen LogP contribution in [0.25, 0.3) is 28.0 Å². The summed E-state index contributed by atoms with van der Waals surface area (Å²) in [6, 6.07) is 34.6. The number of hydrogen-bond acceptors (Lipinski definition) is 5. The molecule has 1 amide bonds. The predicted octanol–water partition coefficient (Wildman–Crippen LogP) is 8.89. The van der Waals surface area contributed by atoms with Gasteiger partial charge in [-0.1, -0.05) is 91.9 Å². The lowest BCUT2D eigenvalue weighted by atomic mass is 9.96. The molecule has 0 aromatic heterocycles. The number of amidine groups is 1. The lowest BCUT2D eigenvalue weighted by Crippen LogP contribution is -2.13. The van der Waals surface area contributed by atoms with E-state index in [1.165, 1.54) is 12.1 Å². The number of thioether (sulfide) groups is 1. The van der Waals surface area contributed by atoms with Crippen molar-refractivity contribution in [1.29, 1.82) is 0 Å². The van der Waals surface area contributed by atoms with Crippen LogP contribution in [0.5, 0.6) is 5.75 Å². The van der Waals surface area contributed by atoms with Crippen molar-refractivity contribution < 1.29 is 23.8 Å². The van der Waals surface area contributed by atoms with Gasteiger partial charge in [-0.05, 0) is 76.0 Å². The number of nitrogens with one attached hydrogen (secondary N) is 1. The van der Waals surface area contributed by atoms with Gasteiger partial charge in [-0.2, -0.15) is 4.99 Å². The smallest absolute Gasteiger partial charge is 0.311 e. The standard InChI is InChI=1S/C37H29FN2O4S/c1-2-30(36(42)43)31-17-16-29(21-32(31)38)39-37-40-35(41)34(45-37)20-28-18-26-10-6-7-11-27(26)19-33(28)44-22-23-12-14-25(15-13-23)24-8-4-3-5-9-24/h3-21,30H,2,22H2,1H3,(H,42,43)(H,39,40,41)/b34-20+. The van der Waals surface area contributed by atoms with E-state index >= 15 is 0 Å². The highest BCUT2D eigenvalue weighted by Crippen LogP contribution is 2.35. The number of carboxylic acid groups (broad SMARTS) is 1. The van der Waals surface area contributed by atoms with Gasteiger partial charge in [0.15, 0.2) is 5.17 Å². The molecule has 8 heteroatoms. The fraction of sp³-hybridized carbons (Fsp3) is 0.108. The highest BCUT2D eigenvalue weighted by Gasteiger charge is 2.25. The van der Waals surface area contributed by atoms with Crippen molar-refractivity contribution in [2.45, 2.75) is 25.9 Å². The van der Waals surface area contributed by atoms with Gasteiger partial charge in [-0.3, -0.25) is 9.59 Å². The van der Waals surface area contributed by atoms with Crippen LogP contribution in [0.1, 0.15) is 36.0 Å². The molecule has 1 aliphatic rings. The Morgan fingerprint density at radius 2 is 1.62 bits per heavy atom. The minimum absolute atomic E-state index is 0.115. The summed E-state index contributed by atoms with van der Waals surface area (Å²) in [5, 5.41) is 14.7. The van der Waals surface area contributed by atoms with Crippen molar-refractivity contribution in [3.05, 3.63) is 137 Å². The number of aliphatic imine (C=N–C) groups is 1. The Labute approximate surface area is 264 Å². The maximum Gasteiger partial charge on any atom is 0.311 e. The number of fused-ring (bicyclic) bond motifs is 1. The van der Waals surface area contributed by atoms with Gasteiger partial charge in [-0.25, -0.2) is 4.39 Å². The van der Waals surface area contributed by atoms with Crippen molar-refractivity contribution >= 4 is 51.3 Å². The molecule has 5 aromatic rings. The van der Waals surface area contributed by atoms with E-state index < -0.39 is 23.6 Å². The summed E-state index contributed by atoms with van der Waals surface area (Å²) in [6.45, 7) is 2.04. The SMILES string of the molecule is CCC(C(=O)O)c1ccc(NC2=NC(=O)/C(=C\c3cc4ccccc4cc3OCc3ccc(-c4ccccc4)cc3)S2)cc1F. The Balaban J connectivity index is 1.20. The molecule has 0 fully saturated rings. The van der Waals surface area contributed by atoms with E-state index in [2.05, 4.69) is 34.6 Å². The first kappa shape index (κ1) is 29.8. The van der Waals surface area contributed by atoms with Crippen LogP contribution in [0.3, 0.4) is 0 Å². The van der Waals surface area contributed by atoms with Crippen LogP contribution in [0, 0.1) is 5.82 Å². The summed E-state index contributed by atoms with van der Waals surface area (Å²) < 4.78 is 21.1. The number of carbonyl (C=O) groups excluding carboxylic acids is 1. The topological polar surface area (TPSA) is 88.0 Å². The highest BCUT2D eigenvalue weighted by molar-refractivity contribution is 8.18. The third-order valence-electron chi connectivity index (χ3n) is 7.57. The maximum absolute atomic E-state index is 14.8. The Hall–Kier alpha value is -5.21. The van der Waals surface area contributed by atoms with Crippen LogP contribution in [-0.2, 0) is 16.2 Å². The van der Waals surface area contributed by atoms with Crippen molar-refractivity contribution in [2.24, 2.45) is 4.99 Å². The fourth-order valence-corrected chi connectivity index (χ4v) is 6.03. The first-order valence-electron chi connectivity index (χ1n) is 14.5. The molecule has 0 bridgehead atoms. The second-order valence-electron chi connectivity index (χ2n) is 10.6. The molecule has 0 saturated carbocycles. The van der Waals surface area contributed by atoms with Gasteiger partial charge in [0.2, 0.25) is 0 Å². The number of rotatable bonds is 9. The summed E-state index contributed by atoms with van der Waals surface area (Å²) in [7, 11) is 0. The van der Waals surface area contributed by atoms with Gasteiger partial charge in [-0.15, -0.1) is 0 Å². The largest absolute Gasteiger partial charge is 0.488 e. The number of carboxylic acids is 1.